The fraction of sp³-hybridized carbons (Fsp3) is 0.667. The SMILES string of the molecule is CN=C(NCC(C)N1CCOCC1C)NC1CCN(c2cc(Cl)ccc2OC)C1.I. The standard InChI is InChI=1S/C21H34ClN5O2.HI/c1-15(27-9-10-29-14-16(27)2)12-24-21(23-3)25-18-7-8-26(13-18)19-11-17(22)5-6-20(19)28-4;/h5-6,11,15-16,18H,7-10,12-14H2,1-4H3,(H2,23,24,25);1H. The Labute approximate surface area is 202 Å². The molecule has 7 nitrogen and oxygen atoms in total. The summed E-state index contributed by atoms with van der Waals surface area (Å²) >= 11 is 6.20. The fourth-order valence-corrected chi connectivity index (χ4v) is 4.32. The molecule has 0 radical (unpaired) electrons. The highest BCUT2D eigenvalue weighted by atomic mass is 127. The van der Waals surface area contributed by atoms with E-state index >= 15 is 0 Å². The van der Waals surface area contributed by atoms with Crippen LogP contribution in [0.1, 0.15) is 20.3 Å². The fourth-order valence-electron chi connectivity index (χ4n) is 4.15. The van der Waals surface area contributed by atoms with Crippen LogP contribution in [-0.2, 0) is 4.74 Å². The highest BCUT2D eigenvalue weighted by Crippen LogP contribution is 2.33. The van der Waals surface area contributed by atoms with E-state index in [1.807, 2.05) is 25.2 Å². The number of hydrogen-bond acceptors (Lipinski definition) is 5. The molecule has 9 heteroatoms. The van der Waals surface area contributed by atoms with Crippen molar-refractivity contribution in [1.29, 1.82) is 0 Å². The zero-order chi connectivity index (χ0) is 20.8. The summed E-state index contributed by atoms with van der Waals surface area (Å²) in [6.45, 7) is 9.76. The molecule has 0 spiro atoms. The van der Waals surface area contributed by atoms with Gasteiger partial charge < -0.3 is 25.0 Å². The van der Waals surface area contributed by atoms with Crippen molar-refractivity contribution in [2.24, 2.45) is 4.99 Å². The van der Waals surface area contributed by atoms with Crippen molar-refractivity contribution in [3.8, 4) is 5.75 Å². The summed E-state index contributed by atoms with van der Waals surface area (Å²) in [7, 11) is 3.52. The lowest BCUT2D eigenvalue weighted by Gasteiger charge is -2.38. The van der Waals surface area contributed by atoms with E-state index in [1.54, 1.807) is 7.11 Å². The van der Waals surface area contributed by atoms with Crippen molar-refractivity contribution >= 4 is 47.2 Å². The number of halogens is 2. The molecule has 3 unspecified atom stereocenters. The van der Waals surface area contributed by atoms with Gasteiger partial charge in [0.05, 0.1) is 26.0 Å². The van der Waals surface area contributed by atoms with Crippen molar-refractivity contribution in [2.45, 2.75) is 38.4 Å². The molecule has 0 aliphatic carbocycles. The van der Waals surface area contributed by atoms with Crippen LogP contribution in [0.15, 0.2) is 23.2 Å². The summed E-state index contributed by atoms with van der Waals surface area (Å²) in [5, 5.41) is 7.78. The number of methoxy groups -OCH3 is 1. The van der Waals surface area contributed by atoms with Crippen LogP contribution in [0.2, 0.25) is 5.02 Å². The van der Waals surface area contributed by atoms with Gasteiger partial charge in [-0.15, -0.1) is 24.0 Å². The average molecular weight is 552 g/mol. The Bertz CT molecular complexity index is 708. The zero-order valence-electron chi connectivity index (χ0n) is 18.4. The number of rotatable bonds is 6. The van der Waals surface area contributed by atoms with Gasteiger partial charge in [0.2, 0.25) is 0 Å². The van der Waals surface area contributed by atoms with E-state index in [1.165, 1.54) is 0 Å². The topological polar surface area (TPSA) is 61.4 Å². The molecule has 2 heterocycles. The van der Waals surface area contributed by atoms with Gasteiger partial charge in [-0.25, -0.2) is 0 Å². The Hall–Kier alpha value is -0.970. The van der Waals surface area contributed by atoms with E-state index in [-0.39, 0.29) is 24.0 Å². The molecule has 0 bridgehead atoms. The van der Waals surface area contributed by atoms with Crippen molar-refractivity contribution in [2.75, 3.05) is 58.5 Å². The molecular weight excluding hydrogens is 517 g/mol. The van der Waals surface area contributed by atoms with E-state index < -0.39 is 0 Å². The summed E-state index contributed by atoms with van der Waals surface area (Å²) in [6, 6.07) is 6.95. The first-order valence-corrected chi connectivity index (χ1v) is 10.8. The molecular formula is C21H35ClIN5O2. The number of aliphatic imine (C=N–C) groups is 1. The second kappa shape index (κ2) is 12.2. The zero-order valence-corrected chi connectivity index (χ0v) is 21.4. The van der Waals surface area contributed by atoms with Crippen LogP contribution in [0.4, 0.5) is 5.69 Å². The first-order valence-electron chi connectivity index (χ1n) is 10.4. The van der Waals surface area contributed by atoms with Crippen molar-refractivity contribution in [3.05, 3.63) is 23.2 Å². The molecule has 3 atom stereocenters. The Kier molecular flexibility index (Phi) is 10.3. The van der Waals surface area contributed by atoms with Crippen LogP contribution in [0.25, 0.3) is 0 Å². The Morgan fingerprint density at radius 2 is 2.20 bits per heavy atom. The number of guanidine groups is 1. The van der Waals surface area contributed by atoms with Gasteiger partial charge in [0.25, 0.3) is 0 Å². The van der Waals surface area contributed by atoms with Gasteiger partial charge in [0.15, 0.2) is 5.96 Å². The van der Waals surface area contributed by atoms with E-state index in [4.69, 9.17) is 21.1 Å². The van der Waals surface area contributed by atoms with E-state index in [0.717, 1.165) is 68.2 Å². The lowest BCUT2D eigenvalue weighted by molar-refractivity contribution is -0.0174. The normalized spacial score (nSPS) is 23.6. The van der Waals surface area contributed by atoms with Gasteiger partial charge in [0, 0.05) is 56.4 Å². The smallest absolute Gasteiger partial charge is 0.191 e. The summed E-state index contributed by atoms with van der Waals surface area (Å²) in [6.07, 6.45) is 1.03. The van der Waals surface area contributed by atoms with Crippen LogP contribution in [0, 0.1) is 0 Å². The molecule has 30 heavy (non-hydrogen) atoms. The number of hydrogen-bond donors (Lipinski definition) is 2. The molecule has 0 amide bonds. The van der Waals surface area contributed by atoms with Gasteiger partial charge in [0.1, 0.15) is 5.75 Å². The van der Waals surface area contributed by atoms with Crippen LogP contribution in [0.3, 0.4) is 0 Å². The molecule has 2 aliphatic rings. The van der Waals surface area contributed by atoms with Crippen molar-refractivity contribution in [3.63, 3.8) is 0 Å². The molecule has 2 N–H and O–H groups in total. The first kappa shape index (κ1) is 25.3. The first-order chi connectivity index (χ1) is 14.0. The number of nitrogens with zero attached hydrogens (tertiary/aromatic N) is 3. The highest BCUT2D eigenvalue weighted by Gasteiger charge is 2.27. The van der Waals surface area contributed by atoms with Gasteiger partial charge in [-0.05, 0) is 38.5 Å². The van der Waals surface area contributed by atoms with Crippen LogP contribution >= 0.6 is 35.6 Å². The summed E-state index contributed by atoms with van der Waals surface area (Å²) in [5.41, 5.74) is 1.04. The maximum atomic E-state index is 6.20. The third kappa shape index (κ3) is 6.51. The van der Waals surface area contributed by atoms with Crippen LogP contribution in [-0.4, -0.2) is 82.5 Å². The molecule has 0 aromatic heterocycles. The van der Waals surface area contributed by atoms with Gasteiger partial charge >= 0.3 is 0 Å². The number of anilines is 1. The molecule has 3 rings (SSSR count). The van der Waals surface area contributed by atoms with E-state index in [9.17, 15) is 0 Å². The maximum Gasteiger partial charge on any atom is 0.191 e. The molecule has 2 aliphatic heterocycles. The third-order valence-electron chi connectivity index (χ3n) is 5.78. The number of morpholine rings is 1. The molecule has 1 aromatic rings. The minimum Gasteiger partial charge on any atom is -0.495 e. The molecule has 170 valence electrons. The molecule has 2 saturated heterocycles. The van der Waals surface area contributed by atoms with Crippen molar-refractivity contribution in [1.82, 2.24) is 15.5 Å². The van der Waals surface area contributed by atoms with Crippen molar-refractivity contribution < 1.29 is 9.47 Å². The lowest BCUT2D eigenvalue weighted by Crippen LogP contribution is -2.53. The molecule has 2 fully saturated rings. The number of benzene rings is 1. The lowest BCUT2D eigenvalue weighted by atomic mass is 10.2. The minimum atomic E-state index is 0. The second-order valence-electron chi connectivity index (χ2n) is 7.86. The minimum absolute atomic E-state index is 0. The largest absolute Gasteiger partial charge is 0.495 e. The molecule has 0 saturated carbocycles. The Balaban J connectivity index is 0.00000320. The summed E-state index contributed by atoms with van der Waals surface area (Å²) < 4.78 is 11.1. The van der Waals surface area contributed by atoms with E-state index in [2.05, 4.69) is 39.3 Å². The number of nitrogens with one attached hydrogen (secondary N) is 2. The monoisotopic (exact) mass is 551 g/mol. The summed E-state index contributed by atoms with van der Waals surface area (Å²) in [5.74, 6) is 1.70. The quantitative estimate of drug-likeness (QED) is 0.322. The van der Waals surface area contributed by atoms with Gasteiger partial charge in [-0.3, -0.25) is 9.89 Å². The van der Waals surface area contributed by atoms with Crippen LogP contribution in [0.5, 0.6) is 5.75 Å². The third-order valence-corrected chi connectivity index (χ3v) is 6.02. The van der Waals surface area contributed by atoms with E-state index in [0.29, 0.717) is 18.1 Å². The summed E-state index contributed by atoms with van der Waals surface area (Å²) in [4.78, 5) is 9.23. The van der Waals surface area contributed by atoms with Gasteiger partial charge in [-0.1, -0.05) is 11.6 Å². The van der Waals surface area contributed by atoms with Gasteiger partial charge in [-0.2, -0.15) is 0 Å². The average Bonchev–Trinajstić information content (AvgIpc) is 3.19. The predicted octanol–water partition coefficient (Wildman–Crippen LogP) is 2.82. The predicted molar refractivity (Wildman–Crippen MR) is 135 cm³/mol. The maximum absolute atomic E-state index is 6.20. The highest BCUT2D eigenvalue weighted by molar-refractivity contribution is 14.0. The molecule has 1 aromatic carbocycles. The number of ether oxygens (including phenoxy) is 2. The Morgan fingerprint density at radius 1 is 1.40 bits per heavy atom. The Morgan fingerprint density at radius 3 is 2.90 bits per heavy atom. The van der Waals surface area contributed by atoms with Crippen LogP contribution < -0.4 is 20.3 Å². The second-order valence-corrected chi connectivity index (χ2v) is 8.29.